The van der Waals surface area contributed by atoms with Crippen LogP contribution >= 0.6 is 11.6 Å². The summed E-state index contributed by atoms with van der Waals surface area (Å²) in [5.74, 6) is 0.0158. The monoisotopic (exact) mass is 431 g/mol. The van der Waals surface area contributed by atoms with Gasteiger partial charge in [-0.15, -0.1) is 0 Å². The first-order valence-electron chi connectivity index (χ1n) is 9.93. The van der Waals surface area contributed by atoms with Crippen LogP contribution < -0.4 is 5.73 Å². The van der Waals surface area contributed by atoms with Gasteiger partial charge in [0.15, 0.2) is 5.78 Å². The van der Waals surface area contributed by atoms with E-state index in [0.29, 0.717) is 36.6 Å². The molecule has 1 aliphatic rings. The van der Waals surface area contributed by atoms with Crippen LogP contribution in [0, 0.1) is 0 Å². The number of carbonyl (C=O) groups excluding carboxylic acids is 4. The Hall–Kier alpha value is -2.73. The molecular formula is C22H26ClN3O4. The van der Waals surface area contributed by atoms with Gasteiger partial charge in [0.2, 0.25) is 0 Å². The maximum atomic E-state index is 12.8. The molecule has 2 heterocycles. The number of hydrogen-bond acceptors (Lipinski definition) is 5. The number of halogens is 1. The van der Waals surface area contributed by atoms with Crippen molar-refractivity contribution in [3.63, 3.8) is 0 Å². The number of likely N-dealkylation sites (tertiary alicyclic amines) is 1. The van der Waals surface area contributed by atoms with Crippen LogP contribution in [-0.2, 0) is 33.8 Å². The molecular weight excluding hydrogens is 406 g/mol. The molecule has 1 aromatic carbocycles. The summed E-state index contributed by atoms with van der Waals surface area (Å²) in [5, 5.41) is 0.644. The second-order valence-corrected chi connectivity index (χ2v) is 7.51. The maximum Gasteiger partial charge on any atom is 0.373 e. The SMILES string of the molecule is CCc1ccc(C(=O)N2CCC[C@H]2C(=O)CCc2cc(Cl)ccc2CN)[nH]1.O=C=O. The molecule has 1 amide bonds. The molecule has 0 unspecified atom stereocenters. The Balaban J connectivity index is 0.00000101. The molecule has 1 saturated heterocycles. The third-order valence-corrected chi connectivity index (χ3v) is 5.51. The van der Waals surface area contributed by atoms with Crippen LogP contribution in [0.5, 0.6) is 0 Å². The molecule has 3 rings (SSSR count). The number of carbonyl (C=O) groups is 2. The van der Waals surface area contributed by atoms with Crippen LogP contribution in [-0.4, -0.2) is 40.3 Å². The third-order valence-electron chi connectivity index (χ3n) is 5.27. The number of ketones is 1. The Morgan fingerprint density at radius 3 is 2.60 bits per heavy atom. The Labute approximate surface area is 180 Å². The number of Topliss-reactive ketones (excluding diaryl/α,β-unsaturated/α-hetero) is 1. The first kappa shape index (κ1) is 23.5. The van der Waals surface area contributed by atoms with Gasteiger partial charge in [-0.1, -0.05) is 24.6 Å². The molecule has 0 spiro atoms. The lowest BCUT2D eigenvalue weighted by atomic mass is 9.98. The Kier molecular flexibility index (Phi) is 8.99. The number of nitrogens with one attached hydrogen (secondary N) is 1. The molecule has 0 saturated carbocycles. The van der Waals surface area contributed by atoms with Gasteiger partial charge in [-0.25, -0.2) is 0 Å². The highest BCUT2D eigenvalue weighted by Gasteiger charge is 2.34. The molecule has 8 heteroatoms. The molecule has 7 nitrogen and oxygen atoms in total. The zero-order chi connectivity index (χ0) is 22.1. The predicted molar refractivity (Wildman–Crippen MR) is 112 cm³/mol. The van der Waals surface area contributed by atoms with Gasteiger partial charge in [-0.3, -0.25) is 9.59 Å². The summed E-state index contributed by atoms with van der Waals surface area (Å²) >= 11 is 6.08. The Bertz CT molecular complexity index is 919. The average molecular weight is 432 g/mol. The minimum Gasteiger partial charge on any atom is -0.354 e. The molecule has 160 valence electrons. The lowest BCUT2D eigenvalue weighted by Crippen LogP contribution is -2.40. The zero-order valence-corrected chi connectivity index (χ0v) is 17.7. The van der Waals surface area contributed by atoms with Gasteiger partial charge in [0.25, 0.3) is 5.91 Å². The Morgan fingerprint density at radius 1 is 1.23 bits per heavy atom. The van der Waals surface area contributed by atoms with Gasteiger partial charge in [0.05, 0.1) is 6.04 Å². The first-order valence-corrected chi connectivity index (χ1v) is 10.3. The summed E-state index contributed by atoms with van der Waals surface area (Å²) in [5.41, 5.74) is 9.38. The number of rotatable bonds is 7. The van der Waals surface area contributed by atoms with Crippen molar-refractivity contribution in [3.8, 4) is 0 Å². The van der Waals surface area contributed by atoms with E-state index in [9.17, 15) is 9.59 Å². The number of H-pyrrole nitrogens is 1. The fourth-order valence-corrected chi connectivity index (χ4v) is 3.92. The lowest BCUT2D eigenvalue weighted by Gasteiger charge is -2.23. The van der Waals surface area contributed by atoms with E-state index < -0.39 is 0 Å². The largest absolute Gasteiger partial charge is 0.373 e. The molecule has 0 aliphatic carbocycles. The van der Waals surface area contributed by atoms with Crippen molar-refractivity contribution < 1.29 is 19.2 Å². The maximum absolute atomic E-state index is 12.8. The highest BCUT2D eigenvalue weighted by molar-refractivity contribution is 6.30. The second kappa shape index (κ2) is 11.5. The van der Waals surface area contributed by atoms with Crippen LogP contribution in [0.4, 0.5) is 0 Å². The molecule has 0 bridgehead atoms. The van der Waals surface area contributed by atoms with Gasteiger partial charge in [0.1, 0.15) is 5.69 Å². The van der Waals surface area contributed by atoms with E-state index in [1.165, 1.54) is 0 Å². The van der Waals surface area contributed by atoms with E-state index in [4.69, 9.17) is 26.9 Å². The van der Waals surface area contributed by atoms with E-state index in [0.717, 1.165) is 36.1 Å². The molecule has 1 aliphatic heterocycles. The second-order valence-electron chi connectivity index (χ2n) is 7.07. The normalized spacial score (nSPS) is 15.3. The van der Waals surface area contributed by atoms with Gasteiger partial charge in [-0.05, 0) is 61.1 Å². The number of hydrogen-bond donors (Lipinski definition) is 2. The Morgan fingerprint density at radius 2 is 1.97 bits per heavy atom. The standard InChI is InChI=1S/C21H26ClN3O2.CO2/c1-2-17-8-9-18(24-17)21(27)25-11-3-4-19(25)20(26)10-6-14-12-16(22)7-5-15(14)13-23;2-1-3/h5,7-9,12,19,24H,2-4,6,10-11,13,23H2,1H3;/t19-;/m0./s1. The summed E-state index contributed by atoms with van der Waals surface area (Å²) in [7, 11) is 0. The predicted octanol–water partition coefficient (Wildman–Crippen LogP) is 2.91. The van der Waals surface area contributed by atoms with Crippen LogP contribution in [0.15, 0.2) is 30.3 Å². The summed E-state index contributed by atoms with van der Waals surface area (Å²) in [4.78, 5) is 46.8. The molecule has 1 atom stereocenters. The molecule has 1 fully saturated rings. The van der Waals surface area contributed by atoms with Crippen molar-refractivity contribution in [2.45, 2.75) is 51.6 Å². The van der Waals surface area contributed by atoms with Crippen molar-refractivity contribution in [3.05, 3.63) is 57.9 Å². The van der Waals surface area contributed by atoms with Crippen LogP contribution in [0.3, 0.4) is 0 Å². The van der Waals surface area contributed by atoms with Crippen molar-refractivity contribution >= 4 is 29.4 Å². The van der Waals surface area contributed by atoms with Gasteiger partial charge < -0.3 is 15.6 Å². The smallest absolute Gasteiger partial charge is 0.354 e. The number of amides is 1. The highest BCUT2D eigenvalue weighted by Crippen LogP contribution is 2.24. The average Bonchev–Trinajstić information content (AvgIpc) is 3.42. The molecule has 1 aromatic heterocycles. The van der Waals surface area contributed by atoms with Crippen molar-refractivity contribution in [2.75, 3.05) is 6.54 Å². The fourth-order valence-electron chi connectivity index (χ4n) is 3.72. The lowest BCUT2D eigenvalue weighted by molar-refractivity contribution is -0.191. The van der Waals surface area contributed by atoms with E-state index >= 15 is 0 Å². The van der Waals surface area contributed by atoms with E-state index in [1.54, 1.807) is 11.0 Å². The summed E-state index contributed by atoms with van der Waals surface area (Å²) < 4.78 is 0. The minimum atomic E-state index is -0.341. The number of nitrogens with two attached hydrogens (primary N) is 1. The summed E-state index contributed by atoms with van der Waals surface area (Å²) in [6, 6.07) is 8.98. The topological polar surface area (TPSA) is 113 Å². The van der Waals surface area contributed by atoms with E-state index in [-0.39, 0.29) is 23.9 Å². The van der Waals surface area contributed by atoms with Crippen molar-refractivity contribution in [1.29, 1.82) is 0 Å². The minimum absolute atomic E-state index is 0.0871. The van der Waals surface area contributed by atoms with Gasteiger partial charge in [0, 0.05) is 30.2 Å². The molecule has 0 radical (unpaired) electrons. The number of aryl methyl sites for hydroxylation is 2. The number of benzene rings is 1. The van der Waals surface area contributed by atoms with E-state index in [2.05, 4.69) is 4.98 Å². The van der Waals surface area contributed by atoms with Crippen LogP contribution in [0.25, 0.3) is 0 Å². The first-order chi connectivity index (χ1) is 14.4. The number of aromatic nitrogens is 1. The van der Waals surface area contributed by atoms with Gasteiger partial charge >= 0.3 is 6.15 Å². The fraction of sp³-hybridized carbons (Fsp3) is 0.409. The molecule has 3 N–H and O–H groups in total. The number of aromatic amines is 1. The zero-order valence-electron chi connectivity index (χ0n) is 16.9. The van der Waals surface area contributed by atoms with Gasteiger partial charge in [-0.2, -0.15) is 9.59 Å². The van der Waals surface area contributed by atoms with Crippen LogP contribution in [0.1, 0.15) is 53.5 Å². The summed E-state index contributed by atoms with van der Waals surface area (Å²) in [6.07, 6.45) is 3.65. The van der Waals surface area contributed by atoms with Crippen molar-refractivity contribution in [1.82, 2.24) is 9.88 Å². The van der Waals surface area contributed by atoms with Crippen LogP contribution in [0.2, 0.25) is 5.02 Å². The third kappa shape index (κ3) is 5.89. The van der Waals surface area contributed by atoms with E-state index in [1.807, 2.05) is 31.2 Å². The number of nitrogens with zero attached hydrogens (tertiary/aromatic N) is 1. The summed E-state index contributed by atoms with van der Waals surface area (Å²) in [6.45, 7) is 3.08. The van der Waals surface area contributed by atoms with Crippen molar-refractivity contribution in [2.24, 2.45) is 5.73 Å². The molecule has 30 heavy (non-hydrogen) atoms. The quantitative estimate of drug-likeness (QED) is 0.699. The molecule has 2 aromatic rings. The highest BCUT2D eigenvalue weighted by atomic mass is 35.5.